The molecule has 0 saturated heterocycles. The van der Waals surface area contributed by atoms with Crippen molar-refractivity contribution in [2.24, 2.45) is 0 Å². The lowest BCUT2D eigenvalue weighted by molar-refractivity contribution is 1.33. The molecule has 0 bridgehead atoms. The first-order valence-electron chi connectivity index (χ1n) is 14.2. The highest BCUT2D eigenvalue weighted by molar-refractivity contribution is 6.28. The van der Waals surface area contributed by atoms with E-state index in [1.165, 1.54) is 49.0 Å². The molecule has 0 amide bonds. The van der Waals surface area contributed by atoms with Crippen LogP contribution < -0.4 is 0 Å². The molecular formula is C39H23N3. The zero-order valence-electron chi connectivity index (χ0n) is 22.6. The Labute approximate surface area is 242 Å². The van der Waals surface area contributed by atoms with Gasteiger partial charge < -0.3 is 0 Å². The molecule has 0 N–H and O–H groups in total. The van der Waals surface area contributed by atoms with E-state index in [0.29, 0.717) is 0 Å². The summed E-state index contributed by atoms with van der Waals surface area (Å²) in [6.07, 6.45) is 5.53. The van der Waals surface area contributed by atoms with Gasteiger partial charge in [-0.3, -0.25) is 9.97 Å². The molecule has 0 aliphatic rings. The third kappa shape index (κ3) is 3.44. The maximum atomic E-state index is 5.28. The molecule has 3 aromatic heterocycles. The monoisotopic (exact) mass is 533 g/mol. The van der Waals surface area contributed by atoms with Crippen LogP contribution in [0.15, 0.2) is 140 Å². The first-order valence-corrected chi connectivity index (χ1v) is 14.2. The van der Waals surface area contributed by atoms with E-state index in [-0.39, 0.29) is 0 Å². The lowest BCUT2D eigenvalue weighted by atomic mass is 9.86. The van der Waals surface area contributed by atoms with E-state index in [1.807, 2.05) is 36.8 Å². The highest BCUT2D eigenvalue weighted by atomic mass is 14.8. The largest absolute Gasteiger partial charge is 0.265 e. The SMILES string of the molecule is c1cnc2c(c1)ccc1ccc(-c3cc(-c4ccc(-c5ccncc5)cc4)c4ccc5cccc6ccc3c4c56)nc12. The molecule has 0 aliphatic carbocycles. The highest BCUT2D eigenvalue weighted by Crippen LogP contribution is 2.44. The van der Waals surface area contributed by atoms with Gasteiger partial charge in [0.15, 0.2) is 0 Å². The quantitative estimate of drug-likeness (QED) is 0.212. The topological polar surface area (TPSA) is 38.7 Å². The number of rotatable bonds is 3. The van der Waals surface area contributed by atoms with E-state index < -0.39 is 0 Å². The maximum Gasteiger partial charge on any atom is 0.0972 e. The molecule has 9 rings (SSSR count). The van der Waals surface area contributed by atoms with Crippen molar-refractivity contribution in [3.05, 3.63) is 140 Å². The molecule has 3 heteroatoms. The average Bonchev–Trinajstić information content (AvgIpc) is 3.07. The molecule has 9 aromatic rings. The van der Waals surface area contributed by atoms with Gasteiger partial charge in [-0.15, -0.1) is 0 Å². The molecule has 0 radical (unpaired) electrons. The fourth-order valence-corrected chi connectivity index (χ4v) is 6.54. The van der Waals surface area contributed by atoms with Crippen LogP contribution in [0, 0.1) is 0 Å². The molecule has 3 nitrogen and oxygen atoms in total. The molecule has 0 unspecified atom stereocenters. The van der Waals surface area contributed by atoms with Crippen molar-refractivity contribution in [2.75, 3.05) is 0 Å². The van der Waals surface area contributed by atoms with Crippen LogP contribution in [0.25, 0.3) is 87.6 Å². The number of aromatic nitrogens is 3. The van der Waals surface area contributed by atoms with E-state index in [1.54, 1.807) is 0 Å². The second-order valence-corrected chi connectivity index (χ2v) is 10.9. The van der Waals surface area contributed by atoms with E-state index in [4.69, 9.17) is 9.97 Å². The average molecular weight is 534 g/mol. The summed E-state index contributed by atoms with van der Waals surface area (Å²) in [5.74, 6) is 0. The van der Waals surface area contributed by atoms with Gasteiger partial charge in [0, 0.05) is 34.9 Å². The van der Waals surface area contributed by atoms with Crippen LogP contribution in [0.1, 0.15) is 0 Å². The van der Waals surface area contributed by atoms with Gasteiger partial charge in [-0.1, -0.05) is 91.0 Å². The first kappa shape index (κ1) is 23.1. The van der Waals surface area contributed by atoms with Gasteiger partial charge in [0.25, 0.3) is 0 Å². The van der Waals surface area contributed by atoms with E-state index in [9.17, 15) is 0 Å². The Morgan fingerprint density at radius 2 is 1.02 bits per heavy atom. The summed E-state index contributed by atoms with van der Waals surface area (Å²) >= 11 is 0. The zero-order valence-corrected chi connectivity index (χ0v) is 22.6. The summed E-state index contributed by atoms with van der Waals surface area (Å²) in [6, 6.07) is 43.6. The lowest BCUT2D eigenvalue weighted by Gasteiger charge is -2.18. The van der Waals surface area contributed by atoms with Crippen molar-refractivity contribution in [1.82, 2.24) is 15.0 Å². The molecule has 3 heterocycles. The number of hydrogen-bond acceptors (Lipinski definition) is 3. The van der Waals surface area contributed by atoms with E-state index in [0.717, 1.165) is 38.6 Å². The van der Waals surface area contributed by atoms with E-state index >= 15 is 0 Å². The van der Waals surface area contributed by atoms with Gasteiger partial charge in [-0.05, 0) is 84.9 Å². The Morgan fingerprint density at radius 1 is 0.405 bits per heavy atom. The molecule has 6 aromatic carbocycles. The second-order valence-electron chi connectivity index (χ2n) is 10.9. The second kappa shape index (κ2) is 8.92. The standard InChI is InChI=1S/C39H23N3/c1-3-27-12-15-31-33(26-8-6-24(7-9-26)25-18-21-40-22-19-25)23-34(32-16-13-28(4-1)36(27)37(31)32)35-17-14-30-11-10-29-5-2-20-41-38(29)39(30)42-35/h1-23H. The molecule has 0 fully saturated rings. The molecule has 0 spiro atoms. The minimum absolute atomic E-state index is 0.930. The molecular weight excluding hydrogens is 510 g/mol. The summed E-state index contributed by atoms with van der Waals surface area (Å²) in [4.78, 5) is 14.2. The summed E-state index contributed by atoms with van der Waals surface area (Å²) < 4.78 is 0. The third-order valence-electron chi connectivity index (χ3n) is 8.56. The number of benzene rings is 6. The van der Waals surface area contributed by atoms with Gasteiger partial charge in [0.05, 0.1) is 16.7 Å². The van der Waals surface area contributed by atoms with Gasteiger partial charge >= 0.3 is 0 Å². The number of fused-ring (bicyclic) bond motifs is 3. The van der Waals surface area contributed by atoms with Crippen LogP contribution in [-0.2, 0) is 0 Å². The molecule has 0 saturated carbocycles. The molecule has 0 atom stereocenters. The summed E-state index contributed by atoms with van der Waals surface area (Å²) in [7, 11) is 0. The number of pyridine rings is 3. The maximum absolute atomic E-state index is 5.28. The first-order chi connectivity index (χ1) is 20.8. The van der Waals surface area contributed by atoms with Crippen LogP contribution in [0.4, 0.5) is 0 Å². The van der Waals surface area contributed by atoms with Gasteiger partial charge in [-0.25, -0.2) is 4.98 Å². The molecule has 42 heavy (non-hydrogen) atoms. The predicted molar refractivity (Wildman–Crippen MR) is 175 cm³/mol. The van der Waals surface area contributed by atoms with Crippen molar-refractivity contribution >= 4 is 54.1 Å². The number of hydrogen-bond donors (Lipinski definition) is 0. The van der Waals surface area contributed by atoms with Crippen molar-refractivity contribution < 1.29 is 0 Å². The van der Waals surface area contributed by atoms with Crippen LogP contribution in [-0.4, -0.2) is 15.0 Å². The smallest absolute Gasteiger partial charge is 0.0972 e. The predicted octanol–water partition coefficient (Wildman–Crippen LogP) is 10.1. The van der Waals surface area contributed by atoms with Crippen LogP contribution in [0.2, 0.25) is 0 Å². The highest BCUT2D eigenvalue weighted by Gasteiger charge is 2.18. The zero-order chi connectivity index (χ0) is 27.6. The van der Waals surface area contributed by atoms with Crippen LogP contribution >= 0.6 is 0 Å². The van der Waals surface area contributed by atoms with Gasteiger partial charge in [0.2, 0.25) is 0 Å². The fourth-order valence-electron chi connectivity index (χ4n) is 6.54. The van der Waals surface area contributed by atoms with Crippen molar-refractivity contribution in [1.29, 1.82) is 0 Å². The minimum Gasteiger partial charge on any atom is -0.265 e. The van der Waals surface area contributed by atoms with Crippen molar-refractivity contribution in [3.8, 4) is 33.5 Å². The Morgan fingerprint density at radius 3 is 1.81 bits per heavy atom. The van der Waals surface area contributed by atoms with Crippen LogP contribution in [0.5, 0.6) is 0 Å². The van der Waals surface area contributed by atoms with Gasteiger partial charge in [0.1, 0.15) is 0 Å². The number of nitrogens with zero attached hydrogens (tertiary/aromatic N) is 3. The van der Waals surface area contributed by atoms with E-state index in [2.05, 4.69) is 108 Å². The fraction of sp³-hybridized carbons (Fsp3) is 0. The minimum atomic E-state index is 0.930. The van der Waals surface area contributed by atoms with Crippen LogP contribution in [0.3, 0.4) is 0 Å². The normalized spacial score (nSPS) is 11.8. The lowest BCUT2D eigenvalue weighted by Crippen LogP contribution is -1.93. The Hall–Kier alpha value is -5.67. The summed E-state index contributed by atoms with van der Waals surface area (Å²) in [5.41, 5.74) is 8.66. The summed E-state index contributed by atoms with van der Waals surface area (Å²) in [6.45, 7) is 0. The Kier molecular flexibility index (Phi) is 4.90. The van der Waals surface area contributed by atoms with Crippen molar-refractivity contribution in [2.45, 2.75) is 0 Å². The molecule has 194 valence electrons. The van der Waals surface area contributed by atoms with Gasteiger partial charge in [-0.2, -0.15) is 0 Å². The van der Waals surface area contributed by atoms with Crippen molar-refractivity contribution in [3.63, 3.8) is 0 Å². The molecule has 0 aliphatic heterocycles. The Balaban J connectivity index is 1.35. The Bertz CT molecular complexity index is 2430. The third-order valence-corrected chi connectivity index (χ3v) is 8.56. The summed E-state index contributed by atoms with van der Waals surface area (Å²) in [5, 5.41) is 9.75.